The first-order valence-corrected chi connectivity index (χ1v) is 9.76. The molecule has 0 amide bonds. The van der Waals surface area contributed by atoms with E-state index in [1.165, 1.54) is 70.0 Å². The first-order valence-electron chi connectivity index (χ1n) is 8.82. The van der Waals surface area contributed by atoms with Gasteiger partial charge in [-0.15, -0.1) is 11.8 Å². The van der Waals surface area contributed by atoms with Gasteiger partial charge >= 0.3 is 0 Å². The smallest absolute Gasteiger partial charge is 0.113 e. The Balaban J connectivity index is 1.98. The highest BCUT2D eigenvalue weighted by atomic mass is 32.2. The van der Waals surface area contributed by atoms with Crippen molar-refractivity contribution < 1.29 is 0 Å². The van der Waals surface area contributed by atoms with Crippen molar-refractivity contribution in [3.8, 4) is 0 Å². The molecule has 2 nitrogen and oxygen atoms in total. The third-order valence-electron chi connectivity index (χ3n) is 4.83. The van der Waals surface area contributed by atoms with Crippen molar-refractivity contribution in [1.29, 1.82) is 0 Å². The quantitative estimate of drug-likeness (QED) is 0.644. The van der Waals surface area contributed by atoms with Crippen LogP contribution in [0, 0.1) is 0 Å². The predicted octanol–water partition coefficient (Wildman–Crippen LogP) is 5.59. The summed E-state index contributed by atoms with van der Waals surface area (Å²) in [6, 6.07) is 0. The topological polar surface area (TPSA) is 15.3 Å². The summed E-state index contributed by atoms with van der Waals surface area (Å²) in [4.78, 5) is 2.52. The van der Waals surface area contributed by atoms with Gasteiger partial charge in [0, 0.05) is 23.7 Å². The van der Waals surface area contributed by atoms with Gasteiger partial charge in [0.2, 0.25) is 0 Å². The zero-order chi connectivity index (χ0) is 15.0. The molecule has 2 aliphatic heterocycles. The molecule has 2 aliphatic rings. The van der Waals surface area contributed by atoms with Crippen LogP contribution in [0.1, 0.15) is 78.1 Å². The minimum atomic E-state index is 0.285. The number of unbranched alkanes of at least 4 members (excludes halogenated alkanes) is 4. The van der Waals surface area contributed by atoms with Crippen LogP contribution < -0.4 is 5.32 Å². The fourth-order valence-corrected chi connectivity index (χ4v) is 4.03. The first-order chi connectivity index (χ1) is 10.3. The molecule has 120 valence electrons. The Labute approximate surface area is 135 Å². The van der Waals surface area contributed by atoms with Gasteiger partial charge < -0.3 is 10.2 Å². The third kappa shape index (κ3) is 4.98. The van der Waals surface area contributed by atoms with Gasteiger partial charge in [-0.1, -0.05) is 51.9 Å². The molecule has 1 fully saturated rings. The van der Waals surface area contributed by atoms with E-state index < -0.39 is 0 Å². The first kappa shape index (κ1) is 16.8. The van der Waals surface area contributed by atoms with E-state index in [9.17, 15) is 0 Å². The van der Waals surface area contributed by atoms with E-state index in [1.54, 1.807) is 11.8 Å². The van der Waals surface area contributed by atoms with Crippen molar-refractivity contribution in [2.75, 3.05) is 6.54 Å². The van der Waals surface area contributed by atoms with Gasteiger partial charge in [0.15, 0.2) is 0 Å². The lowest BCUT2D eigenvalue weighted by atomic mass is 9.86. The van der Waals surface area contributed by atoms with E-state index in [2.05, 4.69) is 41.1 Å². The Bertz CT molecular complexity index is 364. The molecule has 1 saturated heterocycles. The predicted molar refractivity (Wildman–Crippen MR) is 94.9 cm³/mol. The maximum Gasteiger partial charge on any atom is 0.113 e. The number of thioether (sulfide) groups is 1. The maximum atomic E-state index is 3.64. The van der Waals surface area contributed by atoms with Crippen LogP contribution in [0.25, 0.3) is 0 Å². The minimum absolute atomic E-state index is 0.285. The Hall–Kier alpha value is -0.570. The lowest BCUT2D eigenvalue weighted by Gasteiger charge is -2.43. The number of rotatable bonds is 6. The highest BCUT2D eigenvalue weighted by molar-refractivity contribution is 8.04. The molecule has 2 heterocycles. The van der Waals surface area contributed by atoms with Crippen LogP contribution in [0.2, 0.25) is 0 Å². The Kier molecular flexibility index (Phi) is 7.01. The van der Waals surface area contributed by atoms with E-state index in [1.807, 2.05) is 0 Å². The van der Waals surface area contributed by atoms with E-state index in [0.29, 0.717) is 0 Å². The molecule has 0 spiro atoms. The van der Waals surface area contributed by atoms with Crippen molar-refractivity contribution in [1.82, 2.24) is 10.2 Å². The van der Waals surface area contributed by atoms with Gasteiger partial charge in [0.05, 0.1) is 0 Å². The second-order valence-corrected chi connectivity index (χ2v) is 7.47. The minimum Gasteiger partial charge on any atom is -0.371 e. The standard InChI is InChI=1S/C18H32N2S/c1-3-4-5-6-8-11-18(2)12-9-7-10-13-19-17-16-21-15-14-20(17)18/h14-16,19H,3-13H2,1-2H3. The van der Waals surface area contributed by atoms with Crippen LogP contribution in [-0.2, 0) is 0 Å². The number of hydrogen-bond donors (Lipinski definition) is 1. The zero-order valence-electron chi connectivity index (χ0n) is 13.9. The van der Waals surface area contributed by atoms with Gasteiger partial charge in [0.25, 0.3) is 0 Å². The Morgan fingerprint density at radius 1 is 1.19 bits per heavy atom. The lowest BCUT2D eigenvalue weighted by molar-refractivity contribution is 0.164. The van der Waals surface area contributed by atoms with Crippen molar-refractivity contribution in [3.05, 3.63) is 22.8 Å². The lowest BCUT2D eigenvalue weighted by Crippen LogP contribution is -2.45. The highest BCUT2D eigenvalue weighted by Gasteiger charge is 2.32. The second kappa shape index (κ2) is 8.77. The SMILES string of the molecule is CCCCCCCC1(C)CCCCCNC2=CSC=CN21. The van der Waals surface area contributed by atoms with Crippen molar-refractivity contribution >= 4 is 11.8 Å². The average molecular weight is 309 g/mol. The molecular weight excluding hydrogens is 276 g/mol. The normalized spacial score (nSPS) is 26.2. The molecule has 21 heavy (non-hydrogen) atoms. The third-order valence-corrected chi connectivity index (χ3v) is 5.46. The number of nitrogens with one attached hydrogen (secondary N) is 1. The molecule has 0 saturated carbocycles. The van der Waals surface area contributed by atoms with Crippen molar-refractivity contribution in [2.45, 2.75) is 83.6 Å². The molecule has 0 bridgehead atoms. The average Bonchev–Trinajstić information content (AvgIpc) is 2.58. The summed E-state index contributed by atoms with van der Waals surface area (Å²) < 4.78 is 0. The Morgan fingerprint density at radius 2 is 2.05 bits per heavy atom. The molecule has 0 aromatic carbocycles. The number of hydrogen-bond acceptors (Lipinski definition) is 3. The molecule has 1 N–H and O–H groups in total. The number of nitrogens with zero attached hydrogens (tertiary/aromatic N) is 1. The van der Waals surface area contributed by atoms with Gasteiger partial charge in [-0.2, -0.15) is 0 Å². The summed E-state index contributed by atoms with van der Waals surface area (Å²) in [5.41, 5.74) is 0.285. The summed E-state index contributed by atoms with van der Waals surface area (Å²) in [5.74, 6) is 1.32. The summed E-state index contributed by atoms with van der Waals surface area (Å²) in [6.07, 6.45) is 15.8. The van der Waals surface area contributed by atoms with Crippen LogP contribution in [0.3, 0.4) is 0 Å². The summed E-state index contributed by atoms with van der Waals surface area (Å²) in [6.45, 7) is 5.87. The van der Waals surface area contributed by atoms with Gasteiger partial charge in [0.1, 0.15) is 5.82 Å². The Morgan fingerprint density at radius 3 is 2.90 bits per heavy atom. The molecule has 0 aromatic heterocycles. The van der Waals surface area contributed by atoms with E-state index in [-0.39, 0.29) is 5.54 Å². The van der Waals surface area contributed by atoms with Gasteiger partial charge in [-0.05, 0) is 31.6 Å². The van der Waals surface area contributed by atoms with Gasteiger partial charge in [-0.25, -0.2) is 0 Å². The van der Waals surface area contributed by atoms with Crippen LogP contribution in [0.4, 0.5) is 0 Å². The fourth-order valence-electron chi connectivity index (χ4n) is 3.43. The van der Waals surface area contributed by atoms with Crippen LogP contribution in [0.5, 0.6) is 0 Å². The molecular formula is C18H32N2S. The molecule has 3 heteroatoms. The summed E-state index contributed by atoms with van der Waals surface area (Å²) in [5, 5.41) is 8.14. The van der Waals surface area contributed by atoms with Crippen LogP contribution in [0.15, 0.2) is 22.8 Å². The molecule has 1 atom stereocenters. The molecule has 0 aromatic rings. The van der Waals surface area contributed by atoms with E-state index >= 15 is 0 Å². The molecule has 2 rings (SSSR count). The second-order valence-electron chi connectivity index (χ2n) is 6.69. The van der Waals surface area contributed by atoms with E-state index in [0.717, 1.165) is 6.54 Å². The maximum absolute atomic E-state index is 3.64. The largest absolute Gasteiger partial charge is 0.371 e. The zero-order valence-corrected chi connectivity index (χ0v) is 14.7. The number of fused-ring (bicyclic) bond motifs is 1. The summed E-state index contributed by atoms with van der Waals surface area (Å²) >= 11 is 1.79. The monoisotopic (exact) mass is 308 g/mol. The van der Waals surface area contributed by atoms with Crippen molar-refractivity contribution in [3.63, 3.8) is 0 Å². The van der Waals surface area contributed by atoms with Gasteiger partial charge in [-0.3, -0.25) is 0 Å². The molecule has 0 aliphatic carbocycles. The molecule has 1 unspecified atom stereocenters. The van der Waals surface area contributed by atoms with Crippen molar-refractivity contribution in [2.24, 2.45) is 0 Å². The molecule has 0 radical (unpaired) electrons. The van der Waals surface area contributed by atoms with Crippen LogP contribution >= 0.6 is 11.8 Å². The fraction of sp³-hybridized carbons (Fsp3) is 0.778. The highest BCUT2D eigenvalue weighted by Crippen LogP contribution is 2.35. The van der Waals surface area contributed by atoms with Crippen LogP contribution in [-0.4, -0.2) is 17.0 Å². The van der Waals surface area contributed by atoms with E-state index in [4.69, 9.17) is 0 Å². The summed E-state index contributed by atoms with van der Waals surface area (Å²) in [7, 11) is 0.